The highest BCUT2D eigenvalue weighted by molar-refractivity contribution is 8.00. The zero-order valence-electron chi connectivity index (χ0n) is 7.31. The molecule has 2 rings (SSSR count). The van der Waals surface area contributed by atoms with Crippen LogP contribution < -0.4 is 5.32 Å². The molecule has 13 heavy (non-hydrogen) atoms. The summed E-state index contributed by atoms with van der Waals surface area (Å²) in [7, 11) is 0. The van der Waals surface area contributed by atoms with Gasteiger partial charge in [-0.05, 0) is 5.56 Å². The Labute approximate surface area is 82.4 Å². The summed E-state index contributed by atoms with van der Waals surface area (Å²) < 4.78 is 0. The molecule has 1 aromatic rings. The predicted octanol–water partition coefficient (Wildman–Crippen LogP) is 1.38. The van der Waals surface area contributed by atoms with E-state index in [1.807, 2.05) is 30.3 Å². The summed E-state index contributed by atoms with van der Waals surface area (Å²) in [6.07, 6.45) is -0.332. The first-order valence-corrected chi connectivity index (χ1v) is 5.48. The Morgan fingerprint density at radius 1 is 1.38 bits per heavy atom. The molecule has 2 nitrogen and oxygen atoms in total. The van der Waals surface area contributed by atoms with E-state index in [2.05, 4.69) is 5.32 Å². The highest BCUT2D eigenvalue weighted by Gasteiger charge is 2.24. The molecule has 70 valence electrons. The minimum Gasteiger partial charge on any atom is -0.387 e. The van der Waals surface area contributed by atoms with Gasteiger partial charge in [0.2, 0.25) is 0 Å². The summed E-state index contributed by atoms with van der Waals surface area (Å²) >= 11 is 1.78. The van der Waals surface area contributed by atoms with Gasteiger partial charge in [0.1, 0.15) is 0 Å². The topological polar surface area (TPSA) is 32.3 Å². The normalized spacial score (nSPS) is 24.5. The number of thioether (sulfide) groups is 1. The quantitative estimate of drug-likeness (QED) is 0.748. The molecule has 2 unspecified atom stereocenters. The number of benzene rings is 1. The Kier molecular flexibility index (Phi) is 2.88. The number of nitrogens with one attached hydrogen (secondary N) is 1. The van der Waals surface area contributed by atoms with Crippen LogP contribution in [-0.2, 0) is 0 Å². The van der Waals surface area contributed by atoms with Crippen molar-refractivity contribution in [2.45, 2.75) is 11.4 Å². The van der Waals surface area contributed by atoms with Crippen LogP contribution in [0.3, 0.4) is 0 Å². The van der Waals surface area contributed by atoms with Crippen LogP contribution in [0.1, 0.15) is 11.7 Å². The molecule has 1 fully saturated rings. The van der Waals surface area contributed by atoms with Gasteiger partial charge in [-0.1, -0.05) is 30.3 Å². The van der Waals surface area contributed by atoms with E-state index >= 15 is 0 Å². The van der Waals surface area contributed by atoms with E-state index in [9.17, 15) is 5.11 Å². The predicted molar refractivity (Wildman–Crippen MR) is 55.7 cm³/mol. The second-order valence-corrected chi connectivity index (χ2v) is 4.39. The molecule has 3 heteroatoms. The third kappa shape index (κ3) is 2.05. The van der Waals surface area contributed by atoms with Crippen LogP contribution in [-0.4, -0.2) is 22.8 Å². The SMILES string of the molecule is OC(c1ccccc1)C1CNCS1. The van der Waals surface area contributed by atoms with Gasteiger partial charge in [-0.25, -0.2) is 0 Å². The van der Waals surface area contributed by atoms with E-state index in [0.29, 0.717) is 5.25 Å². The molecular weight excluding hydrogens is 182 g/mol. The standard InChI is InChI=1S/C10H13NOS/c12-10(9-6-11-7-13-9)8-4-2-1-3-5-8/h1-5,9-12H,6-7H2. The summed E-state index contributed by atoms with van der Waals surface area (Å²) in [4.78, 5) is 0. The summed E-state index contributed by atoms with van der Waals surface area (Å²) in [5.41, 5.74) is 1.02. The van der Waals surface area contributed by atoms with Gasteiger partial charge < -0.3 is 10.4 Å². The lowest BCUT2D eigenvalue weighted by Crippen LogP contribution is -2.19. The van der Waals surface area contributed by atoms with Crippen molar-refractivity contribution in [3.8, 4) is 0 Å². The molecule has 2 N–H and O–H groups in total. The highest BCUT2D eigenvalue weighted by Crippen LogP contribution is 2.28. The van der Waals surface area contributed by atoms with Gasteiger partial charge >= 0.3 is 0 Å². The van der Waals surface area contributed by atoms with E-state index in [1.54, 1.807) is 11.8 Å². The fourth-order valence-corrected chi connectivity index (χ4v) is 2.52. The first-order valence-electron chi connectivity index (χ1n) is 4.43. The number of aliphatic hydroxyl groups is 1. The molecule has 1 aliphatic heterocycles. The summed E-state index contributed by atoms with van der Waals surface area (Å²) in [6.45, 7) is 0.903. The van der Waals surface area contributed by atoms with Crippen molar-refractivity contribution >= 4 is 11.8 Å². The summed E-state index contributed by atoms with van der Waals surface area (Å²) in [5, 5.41) is 13.5. The fourth-order valence-electron chi connectivity index (χ4n) is 1.49. The second kappa shape index (κ2) is 4.13. The van der Waals surface area contributed by atoms with Crippen LogP contribution in [0, 0.1) is 0 Å². The molecule has 1 aliphatic rings. The van der Waals surface area contributed by atoms with Crippen molar-refractivity contribution in [2.75, 3.05) is 12.4 Å². The zero-order valence-corrected chi connectivity index (χ0v) is 8.13. The van der Waals surface area contributed by atoms with Crippen LogP contribution in [0.5, 0.6) is 0 Å². The lowest BCUT2D eigenvalue weighted by Gasteiger charge is -2.16. The lowest BCUT2D eigenvalue weighted by atomic mass is 10.1. The summed E-state index contributed by atoms with van der Waals surface area (Å²) in [5.74, 6) is 0.953. The lowest BCUT2D eigenvalue weighted by molar-refractivity contribution is 0.176. The summed E-state index contributed by atoms with van der Waals surface area (Å²) in [6, 6.07) is 9.85. The van der Waals surface area contributed by atoms with Gasteiger partial charge in [0, 0.05) is 17.7 Å². The molecule has 0 bridgehead atoms. The Hall–Kier alpha value is -0.510. The maximum Gasteiger partial charge on any atom is 0.0921 e. The van der Waals surface area contributed by atoms with Gasteiger partial charge in [0.15, 0.2) is 0 Å². The zero-order chi connectivity index (χ0) is 9.10. The monoisotopic (exact) mass is 195 g/mol. The van der Waals surface area contributed by atoms with Gasteiger partial charge in [-0.3, -0.25) is 0 Å². The Bertz CT molecular complexity index is 259. The number of hydrogen-bond donors (Lipinski definition) is 2. The van der Waals surface area contributed by atoms with E-state index in [4.69, 9.17) is 0 Å². The molecule has 0 radical (unpaired) electrons. The maximum atomic E-state index is 9.96. The Morgan fingerprint density at radius 2 is 2.15 bits per heavy atom. The average molecular weight is 195 g/mol. The van der Waals surface area contributed by atoms with E-state index in [1.165, 1.54) is 0 Å². The molecule has 0 aromatic heterocycles. The Balaban J connectivity index is 2.08. The minimum absolute atomic E-state index is 0.308. The van der Waals surface area contributed by atoms with Crippen LogP contribution in [0.2, 0.25) is 0 Å². The van der Waals surface area contributed by atoms with Gasteiger partial charge in [0.05, 0.1) is 6.10 Å². The van der Waals surface area contributed by atoms with E-state index < -0.39 is 0 Å². The van der Waals surface area contributed by atoms with Crippen molar-refractivity contribution in [1.29, 1.82) is 0 Å². The van der Waals surface area contributed by atoms with Crippen molar-refractivity contribution in [2.24, 2.45) is 0 Å². The molecule has 1 heterocycles. The van der Waals surface area contributed by atoms with Crippen LogP contribution >= 0.6 is 11.8 Å². The highest BCUT2D eigenvalue weighted by atomic mass is 32.2. The van der Waals surface area contributed by atoms with Crippen LogP contribution in [0.4, 0.5) is 0 Å². The van der Waals surface area contributed by atoms with Crippen LogP contribution in [0.15, 0.2) is 30.3 Å². The third-order valence-corrected chi connectivity index (χ3v) is 3.46. The van der Waals surface area contributed by atoms with Gasteiger partial charge in [-0.2, -0.15) is 0 Å². The Morgan fingerprint density at radius 3 is 2.77 bits per heavy atom. The molecule has 0 aliphatic carbocycles. The molecule has 0 spiro atoms. The number of hydrogen-bond acceptors (Lipinski definition) is 3. The van der Waals surface area contributed by atoms with Gasteiger partial charge in [-0.15, -0.1) is 11.8 Å². The number of rotatable bonds is 2. The average Bonchev–Trinajstić information content (AvgIpc) is 2.71. The third-order valence-electron chi connectivity index (χ3n) is 2.24. The molecule has 0 amide bonds. The largest absolute Gasteiger partial charge is 0.387 e. The maximum absolute atomic E-state index is 9.96. The molecule has 1 aromatic carbocycles. The van der Waals surface area contributed by atoms with E-state index in [-0.39, 0.29) is 6.10 Å². The fraction of sp³-hybridized carbons (Fsp3) is 0.400. The first kappa shape index (κ1) is 9.06. The van der Waals surface area contributed by atoms with Crippen molar-refractivity contribution < 1.29 is 5.11 Å². The molecule has 2 atom stereocenters. The first-order chi connectivity index (χ1) is 6.38. The molecular formula is C10H13NOS. The number of aliphatic hydroxyl groups excluding tert-OH is 1. The van der Waals surface area contributed by atoms with Crippen molar-refractivity contribution in [1.82, 2.24) is 5.32 Å². The van der Waals surface area contributed by atoms with Crippen LogP contribution in [0.25, 0.3) is 0 Å². The van der Waals surface area contributed by atoms with Crippen molar-refractivity contribution in [3.05, 3.63) is 35.9 Å². The van der Waals surface area contributed by atoms with E-state index in [0.717, 1.165) is 18.0 Å². The molecule has 1 saturated heterocycles. The van der Waals surface area contributed by atoms with Crippen molar-refractivity contribution in [3.63, 3.8) is 0 Å². The second-order valence-electron chi connectivity index (χ2n) is 3.16. The molecule has 0 saturated carbocycles. The smallest absolute Gasteiger partial charge is 0.0921 e. The van der Waals surface area contributed by atoms with Gasteiger partial charge in [0.25, 0.3) is 0 Å². The minimum atomic E-state index is -0.332.